The Hall–Kier alpha value is -2.17. The standard InChI is InChI=1S/C13H13NO4.C2H6/c1-7(2)10(13(17)18)14-11(15)8-5-3-4-6-9(8)12(14)16;1-2/h3-7,10H,1-2H3,(H,17,18);1-2H3. The maximum absolute atomic E-state index is 12.1. The number of aliphatic carboxylic acids is 1. The predicted octanol–water partition coefficient (Wildman–Crippen LogP) is 2.42. The molecule has 1 unspecified atom stereocenters. The summed E-state index contributed by atoms with van der Waals surface area (Å²) in [7, 11) is 0. The third-order valence-corrected chi connectivity index (χ3v) is 2.99. The minimum atomic E-state index is -1.17. The van der Waals surface area contributed by atoms with Gasteiger partial charge in [0.2, 0.25) is 0 Å². The second kappa shape index (κ2) is 6.32. The highest BCUT2D eigenvalue weighted by Gasteiger charge is 2.43. The van der Waals surface area contributed by atoms with Crippen LogP contribution in [0.4, 0.5) is 0 Å². The van der Waals surface area contributed by atoms with Crippen molar-refractivity contribution in [2.45, 2.75) is 33.7 Å². The van der Waals surface area contributed by atoms with Crippen LogP contribution in [0.25, 0.3) is 0 Å². The molecule has 1 aliphatic rings. The van der Waals surface area contributed by atoms with Gasteiger partial charge in [0.1, 0.15) is 6.04 Å². The number of hydrogen-bond donors (Lipinski definition) is 1. The number of carbonyl (C=O) groups is 3. The van der Waals surface area contributed by atoms with E-state index >= 15 is 0 Å². The van der Waals surface area contributed by atoms with Gasteiger partial charge in [0, 0.05) is 0 Å². The lowest BCUT2D eigenvalue weighted by Gasteiger charge is -2.25. The highest BCUT2D eigenvalue weighted by atomic mass is 16.4. The van der Waals surface area contributed by atoms with Gasteiger partial charge in [0.25, 0.3) is 11.8 Å². The van der Waals surface area contributed by atoms with E-state index in [0.717, 1.165) is 4.90 Å². The zero-order chi connectivity index (χ0) is 15.4. The zero-order valence-corrected chi connectivity index (χ0v) is 12.1. The van der Waals surface area contributed by atoms with Crippen molar-refractivity contribution < 1.29 is 19.5 Å². The largest absolute Gasteiger partial charge is 0.480 e. The molecule has 2 rings (SSSR count). The first-order valence-corrected chi connectivity index (χ1v) is 6.65. The summed E-state index contributed by atoms with van der Waals surface area (Å²) < 4.78 is 0. The van der Waals surface area contributed by atoms with E-state index in [4.69, 9.17) is 0 Å². The number of imide groups is 1. The van der Waals surface area contributed by atoms with E-state index in [1.807, 2.05) is 13.8 Å². The van der Waals surface area contributed by atoms with Crippen LogP contribution in [0, 0.1) is 5.92 Å². The van der Waals surface area contributed by atoms with E-state index in [1.165, 1.54) is 12.1 Å². The lowest BCUT2D eigenvalue weighted by Crippen LogP contribution is -2.47. The van der Waals surface area contributed by atoms with Crippen molar-refractivity contribution in [1.29, 1.82) is 0 Å². The molecule has 0 spiro atoms. The molecule has 5 nitrogen and oxygen atoms in total. The van der Waals surface area contributed by atoms with Crippen molar-refractivity contribution in [2.24, 2.45) is 5.92 Å². The summed E-state index contributed by atoms with van der Waals surface area (Å²) >= 11 is 0. The number of carboxylic acids is 1. The van der Waals surface area contributed by atoms with Gasteiger partial charge in [-0.2, -0.15) is 0 Å². The summed E-state index contributed by atoms with van der Waals surface area (Å²) in [4.78, 5) is 36.3. The van der Waals surface area contributed by atoms with Gasteiger partial charge in [-0.15, -0.1) is 0 Å². The molecular formula is C15H19NO4. The second-order valence-corrected chi connectivity index (χ2v) is 4.55. The lowest BCUT2D eigenvalue weighted by molar-refractivity contribution is -0.143. The number of carboxylic acid groups (broad SMARTS) is 1. The first-order valence-electron chi connectivity index (χ1n) is 6.65. The van der Waals surface area contributed by atoms with Crippen LogP contribution in [0.5, 0.6) is 0 Å². The molecule has 1 N–H and O–H groups in total. The van der Waals surface area contributed by atoms with E-state index in [2.05, 4.69) is 0 Å². The summed E-state index contributed by atoms with van der Waals surface area (Å²) in [6.45, 7) is 7.34. The van der Waals surface area contributed by atoms with Gasteiger partial charge < -0.3 is 5.11 Å². The Morgan fingerprint density at radius 3 is 1.75 bits per heavy atom. The molecule has 1 heterocycles. The third kappa shape index (κ3) is 2.57. The van der Waals surface area contributed by atoms with E-state index in [9.17, 15) is 19.5 Å². The molecule has 108 valence electrons. The van der Waals surface area contributed by atoms with Crippen LogP contribution in [0.3, 0.4) is 0 Å². The quantitative estimate of drug-likeness (QED) is 0.861. The van der Waals surface area contributed by atoms with Crippen molar-refractivity contribution in [3.63, 3.8) is 0 Å². The molecule has 2 amide bonds. The van der Waals surface area contributed by atoms with E-state index in [0.29, 0.717) is 0 Å². The van der Waals surface area contributed by atoms with Crippen LogP contribution in [0.2, 0.25) is 0 Å². The highest BCUT2D eigenvalue weighted by molar-refractivity contribution is 6.22. The van der Waals surface area contributed by atoms with E-state index in [-0.39, 0.29) is 17.0 Å². The van der Waals surface area contributed by atoms with E-state index in [1.54, 1.807) is 26.0 Å². The van der Waals surface area contributed by atoms with Crippen LogP contribution in [-0.4, -0.2) is 33.8 Å². The monoisotopic (exact) mass is 277 g/mol. The first kappa shape index (κ1) is 15.9. The Morgan fingerprint density at radius 2 is 1.45 bits per heavy atom. The average molecular weight is 277 g/mol. The summed E-state index contributed by atoms with van der Waals surface area (Å²) in [5.74, 6) is -2.57. The Morgan fingerprint density at radius 1 is 1.05 bits per heavy atom. The fraction of sp³-hybridized carbons (Fsp3) is 0.400. The Bertz CT molecular complexity index is 501. The van der Waals surface area contributed by atoms with Crippen LogP contribution in [0.15, 0.2) is 24.3 Å². The fourth-order valence-corrected chi connectivity index (χ4v) is 2.15. The summed E-state index contributed by atoms with van der Waals surface area (Å²) in [6, 6.07) is 5.25. The third-order valence-electron chi connectivity index (χ3n) is 2.99. The molecule has 0 fully saturated rings. The maximum Gasteiger partial charge on any atom is 0.327 e. The van der Waals surface area contributed by atoms with Gasteiger partial charge in [-0.1, -0.05) is 39.8 Å². The molecule has 5 heteroatoms. The van der Waals surface area contributed by atoms with Crippen molar-refractivity contribution >= 4 is 17.8 Å². The lowest BCUT2D eigenvalue weighted by atomic mass is 10.0. The van der Waals surface area contributed by atoms with Crippen LogP contribution < -0.4 is 0 Å². The fourth-order valence-electron chi connectivity index (χ4n) is 2.15. The first-order chi connectivity index (χ1) is 9.45. The number of rotatable bonds is 3. The van der Waals surface area contributed by atoms with Gasteiger partial charge >= 0.3 is 5.97 Å². The average Bonchev–Trinajstić information content (AvgIpc) is 2.66. The van der Waals surface area contributed by atoms with Crippen LogP contribution in [0.1, 0.15) is 48.4 Å². The van der Waals surface area contributed by atoms with Gasteiger partial charge in [-0.3, -0.25) is 14.5 Å². The van der Waals surface area contributed by atoms with Gasteiger partial charge in [0.15, 0.2) is 0 Å². The van der Waals surface area contributed by atoms with Crippen molar-refractivity contribution in [2.75, 3.05) is 0 Å². The molecule has 1 atom stereocenters. The molecule has 0 aromatic heterocycles. The Balaban J connectivity index is 0.000000956. The Labute approximate surface area is 118 Å². The molecule has 20 heavy (non-hydrogen) atoms. The molecule has 1 aliphatic heterocycles. The van der Waals surface area contributed by atoms with Gasteiger partial charge in [0.05, 0.1) is 11.1 Å². The van der Waals surface area contributed by atoms with Crippen molar-refractivity contribution in [1.82, 2.24) is 4.90 Å². The molecule has 1 aromatic carbocycles. The van der Waals surface area contributed by atoms with Gasteiger partial charge in [-0.05, 0) is 18.1 Å². The molecule has 0 saturated heterocycles. The number of amides is 2. The minimum absolute atomic E-state index is 0.273. The maximum atomic E-state index is 12.1. The van der Waals surface area contributed by atoms with Crippen LogP contribution >= 0.6 is 0 Å². The molecule has 1 aromatic rings. The number of benzene rings is 1. The van der Waals surface area contributed by atoms with Crippen LogP contribution in [-0.2, 0) is 4.79 Å². The molecule has 0 saturated carbocycles. The predicted molar refractivity (Wildman–Crippen MR) is 74.6 cm³/mol. The number of hydrogen-bond acceptors (Lipinski definition) is 3. The SMILES string of the molecule is CC.CC(C)C(C(=O)O)N1C(=O)c2ccccc2C1=O. The number of fused-ring (bicyclic) bond motifs is 1. The second-order valence-electron chi connectivity index (χ2n) is 4.55. The topological polar surface area (TPSA) is 74.7 Å². The summed E-state index contributed by atoms with van der Waals surface area (Å²) in [6.07, 6.45) is 0. The summed E-state index contributed by atoms with van der Waals surface area (Å²) in [5.41, 5.74) is 0.545. The minimum Gasteiger partial charge on any atom is -0.480 e. The van der Waals surface area contributed by atoms with Gasteiger partial charge in [-0.25, -0.2) is 4.79 Å². The number of nitrogens with zero attached hydrogens (tertiary/aromatic N) is 1. The Kier molecular flexibility index (Phi) is 5.02. The zero-order valence-electron chi connectivity index (χ0n) is 12.1. The number of carbonyl (C=O) groups excluding carboxylic acids is 2. The molecular weight excluding hydrogens is 258 g/mol. The molecule has 0 radical (unpaired) electrons. The normalized spacial score (nSPS) is 14.8. The van der Waals surface area contributed by atoms with Crippen molar-refractivity contribution in [3.8, 4) is 0 Å². The highest BCUT2D eigenvalue weighted by Crippen LogP contribution is 2.26. The smallest absolute Gasteiger partial charge is 0.327 e. The molecule has 0 bridgehead atoms. The van der Waals surface area contributed by atoms with Crippen molar-refractivity contribution in [3.05, 3.63) is 35.4 Å². The summed E-state index contributed by atoms with van der Waals surface area (Å²) in [5, 5.41) is 9.17. The molecule has 0 aliphatic carbocycles. The van der Waals surface area contributed by atoms with E-state index < -0.39 is 23.8 Å².